The number of aryl methyl sites for hydroxylation is 1. The molecule has 6 aromatic carbocycles. The summed E-state index contributed by atoms with van der Waals surface area (Å²) in [6, 6.07) is 58.4. The first kappa shape index (κ1) is 47.4. The Labute approximate surface area is 372 Å². The van der Waals surface area contributed by atoms with Gasteiger partial charge in [-0.2, -0.15) is 35.9 Å². The van der Waals surface area contributed by atoms with E-state index < -0.39 is 36.6 Å². The molecule has 0 unspecified atom stereocenters. The Balaban J connectivity index is 0.00000109. The summed E-state index contributed by atoms with van der Waals surface area (Å²) in [4.78, 5) is 13.1. The van der Waals surface area contributed by atoms with E-state index in [1.807, 2.05) is 171 Å². The van der Waals surface area contributed by atoms with Gasteiger partial charge in [0.1, 0.15) is 24.4 Å². The number of esters is 1. The number of unbranched alkanes of at least 4 members (excludes halogenated alkanes) is 1. The van der Waals surface area contributed by atoms with Gasteiger partial charge >= 0.3 is 23.0 Å². The molecule has 0 aliphatic carbocycles. The van der Waals surface area contributed by atoms with Crippen LogP contribution in [-0.4, -0.2) is 56.5 Å². The van der Waals surface area contributed by atoms with E-state index in [1.165, 1.54) is 5.56 Å². The van der Waals surface area contributed by atoms with Crippen LogP contribution in [0.3, 0.4) is 0 Å². The predicted octanol–water partition coefficient (Wildman–Crippen LogP) is 10.0. The number of ether oxygens (including phenoxy) is 7. The first-order valence-corrected chi connectivity index (χ1v) is 21.0. The van der Waals surface area contributed by atoms with Crippen molar-refractivity contribution in [3.63, 3.8) is 0 Å². The van der Waals surface area contributed by atoms with Gasteiger partial charge in [-0.15, -0.1) is 0 Å². The zero-order chi connectivity index (χ0) is 41.5. The molecule has 0 radical (unpaired) electrons. The molecule has 0 spiro atoms. The van der Waals surface area contributed by atoms with Gasteiger partial charge in [-0.05, 0) is 42.0 Å². The minimum Gasteiger partial charge on any atom is -0.465 e. The van der Waals surface area contributed by atoms with Crippen molar-refractivity contribution in [2.24, 2.45) is 5.92 Å². The summed E-state index contributed by atoms with van der Waals surface area (Å²) < 4.78 is 45.4. The van der Waals surface area contributed by atoms with Crippen LogP contribution in [0, 0.1) is 5.92 Å². The van der Waals surface area contributed by atoms with Gasteiger partial charge in [0, 0.05) is 0 Å². The monoisotopic (exact) mass is 866 g/mol. The van der Waals surface area contributed by atoms with Crippen LogP contribution in [0.4, 0.5) is 0 Å². The number of carbonyl (C=O) groups is 1. The molecule has 0 bridgehead atoms. The smallest absolute Gasteiger partial charge is 0.465 e. The maximum atomic E-state index is 13.1. The fourth-order valence-electron chi connectivity index (χ4n) is 6.84. The van der Waals surface area contributed by atoms with E-state index in [-0.39, 0.29) is 36.3 Å². The van der Waals surface area contributed by atoms with Crippen LogP contribution in [0.15, 0.2) is 176 Å². The van der Waals surface area contributed by atoms with Gasteiger partial charge in [-0.25, -0.2) is 24.3 Å². The Morgan fingerprint density at radius 2 is 1.11 bits per heavy atom. The molecule has 0 amide bonds. The molecule has 6 atom stereocenters. The summed E-state index contributed by atoms with van der Waals surface area (Å²) in [7, 11) is 0. The van der Waals surface area contributed by atoms with Crippen molar-refractivity contribution in [2.45, 2.75) is 83.3 Å². The van der Waals surface area contributed by atoms with Crippen molar-refractivity contribution < 1.29 is 55.0 Å². The molecular weight excluding hydrogens is 808 g/mol. The van der Waals surface area contributed by atoms with Gasteiger partial charge in [0.15, 0.2) is 6.29 Å². The standard InChI is InChI=1S/C47H53O8.C5H5.Fe/c1-36(46(48)50-29-17-16-20-37-18-14-15-19-37)30-54-47-45(53-34-41-27-12-5-13-28-41)44(52-33-40-25-10-4-11-26-40)43(51-32-39-23-8-3-9-24-39)42(55-47)35-49-31-38-21-6-2-7-22-38;1-2-4-5-3-1;/h2-15,18-19,21-28,36,42-45,47H,16-17,20,29-35H2,1H3;1-5H;/q2*-1;+2/t36-,42-,43-,44+,45+,47+;;/m1../s1. The first-order chi connectivity index (χ1) is 29.6. The molecule has 1 saturated heterocycles. The fraction of sp³-hybridized carbons (Fsp3) is 0.327. The summed E-state index contributed by atoms with van der Waals surface area (Å²) in [5, 5.41) is 0. The Kier molecular flexibility index (Phi) is 21.2. The molecule has 0 saturated carbocycles. The molecule has 1 aliphatic heterocycles. The second-order valence-electron chi connectivity index (χ2n) is 14.9. The topological polar surface area (TPSA) is 81.7 Å². The third-order valence-electron chi connectivity index (χ3n) is 10.1. The van der Waals surface area contributed by atoms with Crippen molar-refractivity contribution in [1.29, 1.82) is 0 Å². The normalized spacial score (nSPS) is 18.9. The number of hydrogen-bond acceptors (Lipinski definition) is 8. The zero-order valence-electron chi connectivity index (χ0n) is 34.9. The molecule has 1 heterocycles. The summed E-state index contributed by atoms with van der Waals surface area (Å²) in [5.41, 5.74) is 5.37. The molecule has 61 heavy (non-hydrogen) atoms. The largest absolute Gasteiger partial charge is 2.00 e. The van der Waals surface area contributed by atoms with E-state index in [1.54, 1.807) is 0 Å². The molecule has 0 N–H and O–H groups in total. The van der Waals surface area contributed by atoms with Crippen molar-refractivity contribution in [1.82, 2.24) is 0 Å². The van der Waals surface area contributed by atoms with Crippen LogP contribution in [0.5, 0.6) is 0 Å². The molecular formula is C52H58FeO8. The van der Waals surface area contributed by atoms with E-state index in [2.05, 4.69) is 12.1 Å². The van der Waals surface area contributed by atoms with Gasteiger partial charge in [0.2, 0.25) is 0 Å². The summed E-state index contributed by atoms with van der Waals surface area (Å²) in [5.74, 6) is -0.841. The second-order valence-corrected chi connectivity index (χ2v) is 14.9. The summed E-state index contributed by atoms with van der Waals surface area (Å²) >= 11 is 0. The average Bonchev–Trinajstić information content (AvgIpc) is 4.07. The van der Waals surface area contributed by atoms with Crippen molar-refractivity contribution in [3.8, 4) is 0 Å². The first-order valence-electron chi connectivity index (χ1n) is 21.0. The summed E-state index contributed by atoms with van der Waals surface area (Å²) in [6.45, 7) is 3.81. The molecule has 1 aliphatic rings. The van der Waals surface area contributed by atoms with E-state index >= 15 is 0 Å². The van der Waals surface area contributed by atoms with Gasteiger partial charge in [-0.3, -0.25) is 4.79 Å². The third kappa shape index (κ3) is 16.6. The van der Waals surface area contributed by atoms with Gasteiger partial charge in [0.05, 0.1) is 52.2 Å². The molecule has 0 aromatic heterocycles. The number of benzene rings is 4. The van der Waals surface area contributed by atoms with Crippen molar-refractivity contribution >= 4 is 5.97 Å². The van der Waals surface area contributed by atoms with E-state index in [0.717, 1.165) is 41.5 Å². The van der Waals surface area contributed by atoms with E-state index in [9.17, 15) is 4.79 Å². The average molecular weight is 867 g/mol. The van der Waals surface area contributed by atoms with E-state index in [0.29, 0.717) is 33.0 Å². The van der Waals surface area contributed by atoms with Crippen LogP contribution >= 0.6 is 0 Å². The van der Waals surface area contributed by atoms with Crippen LogP contribution < -0.4 is 0 Å². The fourth-order valence-corrected chi connectivity index (χ4v) is 6.84. The minimum atomic E-state index is -0.897. The van der Waals surface area contributed by atoms with Crippen LogP contribution in [0.25, 0.3) is 0 Å². The molecule has 6 aromatic rings. The van der Waals surface area contributed by atoms with Crippen LogP contribution in [0.2, 0.25) is 0 Å². The third-order valence-corrected chi connectivity index (χ3v) is 10.1. The zero-order valence-corrected chi connectivity index (χ0v) is 36.0. The second kappa shape index (κ2) is 27.3. The van der Waals surface area contributed by atoms with Crippen LogP contribution in [0.1, 0.15) is 47.6 Å². The predicted molar refractivity (Wildman–Crippen MR) is 233 cm³/mol. The SMILES string of the molecule is C[C@H](CO[C@H]1O[C@H](COCc2ccccc2)[C@@H](OCc2ccccc2)[C@H](OCc2ccccc2)[C@@H]1OCc1ccccc1)C(=O)OCCCCc1ccc[cH-]1.[Fe+2].c1cc[cH-]c1. The maximum Gasteiger partial charge on any atom is 2.00 e. The number of hydrogen-bond donors (Lipinski definition) is 0. The number of carbonyl (C=O) groups excluding carboxylic acids is 1. The molecule has 322 valence electrons. The van der Waals surface area contributed by atoms with Crippen molar-refractivity contribution in [3.05, 3.63) is 204 Å². The Morgan fingerprint density at radius 1 is 0.590 bits per heavy atom. The van der Waals surface area contributed by atoms with Crippen LogP contribution in [-0.2, 0) is 87.9 Å². The van der Waals surface area contributed by atoms with Gasteiger partial charge in [-0.1, -0.05) is 128 Å². The van der Waals surface area contributed by atoms with Crippen molar-refractivity contribution in [2.75, 3.05) is 19.8 Å². The Hall–Kier alpha value is -4.67. The Morgan fingerprint density at radius 3 is 1.62 bits per heavy atom. The van der Waals surface area contributed by atoms with E-state index in [4.69, 9.17) is 33.2 Å². The van der Waals surface area contributed by atoms with Gasteiger partial charge in [0.25, 0.3) is 0 Å². The Bertz CT molecular complexity index is 1940. The summed E-state index contributed by atoms with van der Waals surface area (Å²) in [6.07, 6.45) is -0.699. The molecule has 8 nitrogen and oxygen atoms in total. The van der Waals surface area contributed by atoms with Gasteiger partial charge < -0.3 is 33.2 Å². The molecule has 1 fully saturated rings. The number of rotatable bonds is 22. The molecule has 7 rings (SSSR count). The molecule has 9 heteroatoms. The maximum absolute atomic E-state index is 13.1. The minimum absolute atomic E-state index is 0. The quantitative estimate of drug-likeness (QED) is 0.0289.